The fraction of sp³-hybridized carbons (Fsp3) is 0.375. The lowest BCUT2D eigenvalue weighted by Crippen LogP contribution is -2.11. The molecule has 1 aliphatic rings. The van der Waals surface area contributed by atoms with E-state index in [4.69, 9.17) is 4.74 Å². The number of rotatable bonds is 5. The molecule has 4 heteroatoms. The van der Waals surface area contributed by atoms with Crippen LogP contribution in [-0.4, -0.2) is 17.7 Å². The van der Waals surface area contributed by atoms with Crippen molar-refractivity contribution in [3.63, 3.8) is 0 Å². The second-order valence-corrected chi connectivity index (χ2v) is 6.04. The van der Waals surface area contributed by atoms with E-state index in [9.17, 15) is 0 Å². The molecule has 0 saturated carbocycles. The van der Waals surface area contributed by atoms with Crippen LogP contribution in [0.2, 0.25) is 0 Å². The summed E-state index contributed by atoms with van der Waals surface area (Å²) in [5, 5.41) is 3.35. The first-order valence-electron chi connectivity index (χ1n) is 7.05. The van der Waals surface area contributed by atoms with Gasteiger partial charge in [-0.15, -0.1) is 0 Å². The molecular weight excluding hydrogens is 316 g/mol. The molecule has 2 heterocycles. The van der Waals surface area contributed by atoms with Gasteiger partial charge in [0.25, 0.3) is 0 Å². The molecule has 0 atom stereocenters. The van der Waals surface area contributed by atoms with Gasteiger partial charge >= 0.3 is 0 Å². The fourth-order valence-corrected chi connectivity index (χ4v) is 3.18. The van der Waals surface area contributed by atoms with Crippen LogP contribution in [0.15, 0.2) is 35.1 Å². The molecule has 0 saturated heterocycles. The van der Waals surface area contributed by atoms with E-state index in [2.05, 4.69) is 63.3 Å². The van der Waals surface area contributed by atoms with Crippen molar-refractivity contribution in [2.75, 3.05) is 13.2 Å². The maximum Gasteiger partial charge on any atom is 0.127 e. The fourth-order valence-electron chi connectivity index (χ4n) is 2.62. The summed E-state index contributed by atoms with van der Waals surface area (Å²) in [6, 6.07) is 6.49. The Balaban J connectivity index is 1.79. The van der Waals surface area contributed by atoms with Crippen LogP contribution in [0.25, 0.3) is 0 Å². The predicted octanol–water partition coefficient (Wildman–Crippen LogP) is 3.34. The highest BCUT2D eigenvalue weighted by molar-refractivity contribution is 9.10. The van der Waals surface area contributed by atoms with Crippen LogP contribution in [-0.2, 0) is 19.5 Å². The number of halogens is 1. The monoisotopic (exact) mass is 334 g/mol. The molecule has 0 spiro atoms. The van der Waals surface area contributed by atoms with Crippen LogP contribution < -0.4 is 10.1 Å². The Labute approximate surface area is 128 Å². The molecule has 0 amide bonds. The van der Waals surface area contributed by atoms with E-state index in [0.29, 0.717) is 0 Å². The first kappa shape index (κ1) is 13.7. The number of fused-ring (bicyclic) bond motifs is 1. The molecule has 1 aromatic heterocycles. The van der Waals surface area contributed by atoms with E-state index in [0.717, 1.165) is 42.9 Å². The zero-order valence-corrected chi connectivity index (χ0v) is 13.2. The van der Waals surface area contributed by atoms with Crippen molar-refractivity contribution < 1.29 is 4.74 Å². The summed E-state index contributed by atoms with van der Waals surface area (Å²) in [6.45, 7) is 5.71. The Hall–Kier alpha value is -1.26. The quantitative estimate of drug-likeness (QED) is 0.907. The average Bonchev–Trinajstić information content (AvgIpc) is 3.05. The molecule has 0 radical (unpaired) electrons. The number of benzene rings is 1. The number of nitrogens with zero attached hydrogens (tertiary/aromatic N) is 1. The van der Waals surface area contributed by atoms with Gasteiger partial charge in [0.2, 0.25) is 0 Å². The van der Waals surface area contributed by atoms with Gasteiger partial charge in [0, 0.05) is 35.4 Å². The molecule has 0 bridgehead atoms. The van der Waals surface area contributed by atoms with Crippen LogP contribution in [0.1, 0.15) is 23.6 Å². The lowest BCUT2D eigenvalue weighted by Gasteiger charge is -2.10. The maximum absolute atomic E-state index is 5.78. The minimum absolute atomic E-state index is 0.802. The summed E-state index contributed by atoms with van der Waals surface area (Å²) in [5.74, 6) is 1.08. The molecule has 1 aromatic carbocycles. The Morgan fingerprint density at radius 1 is 1.40 bits per heavy atom. The zero-order chi connectivity index (χ0) is 13.9. The van der Waals surface area contributed by atoms with Crippen molar-refractivity contribution in [3.05, 3.63) is 51.8 Å². The van der Waals surface area contributed by atoms with Gasteiger partial charge in [-0.05, 0) is 35.9 Å². The number of aromatic nitrogens is 1. The van der Waals surface area contributed by atoms with E-state index in [1.54, 1.807) is 0 Å². The molecule has 0 aliphatic carbocycles. The number of ether oxygens (including phenoxy) is 1. The molecule has 1 N–H and O–H groups in total. The Morgan fingerprint density at radius 2 is 2.30 bits per heavy atom. The Kier molecular flexibility index (Phi) is 4.13. The van der Waals surface area contributed by atoms with Gasteiger partial charge in [-0.2, -0.15) is 0 Å². The number of hydrogen-bond acceptors (Lipinski definition) is 2. The summed E-state index contributed by atoms with van der Waals surface area (Å²) >= 11 is 3.59. The van der Waals surface area contributed by atoms with Gasteiger partial charge in [0.1, 0.15) is 5.75 Å². The highest BCUT2D eigenvalue weighted by Crippen LogP contribution is 2.33. The number of hydrogen-bond donors (Lipinski definition) is 1. The minimum Gasteiger partial charge on any atom is -0.493 e. The van der Waals surface area contributed by atoms with Crippen molar-refractivity contribution >= 4 is 15.9 Å². The summed E-state index contributed by atoms with van der Waals surface area (Å²) in [5.41, 5.74) is 3.88. The van der Waals surface area contributed by atoms with Crippen LogP contribution in [0.4, 0.5) is 0 Å². The van der Waals surface area contributed by atoms with Gasteiger partial charge in [0.05, 0.1) is 13.2 Å². The van der Waals surface area contributed by atoms with E-state index < -0.39 is 0 Å². The van der Waals surface area contributed by atoms with Crippen molar-refractivity contribution in [3.8, 4) is 5.75 Å². The van der Waals surface area contributed by atoms with Gasteiger partial charge in [0.15, 0.2) is 0 Å². The van der Waals surface area contributed by atoms with Gasteiger partial charge in [-0.25, -0.2) is 0 Å². The molecule has 20 heavy (non-hydrogen) atoms. The molecular formula is C16H19BrN2O. The molecule has 3 nitrogen and oxygen atoms in total. The summed E-state index contributed by atoms with van der Waals surface area (Å²) < 4.78 is 9.14. The topological polar surface area (TPSA) is 26.2 Å². The Morgan fingerprint density at radius 3 is 3.15 bits per heavy atom. The maximum atomic E-state index is 5.78. The normalized spacial score (nSPS) is 13.3. The first-order chi connectivity index (χ1) is 9.76. The lowest BCUT2D eigenvalue weighted by atomic mass is 10.1. The van der Waals surface area contributed by atoms with E-state index in [1.807, 2.05) is 0 Å². The van der Waals surface area contributed by atoms with Crippen molar-refractivity contribution in [2.45, 2.75) is 26.4 Å². The zero-order valence-electron chi connectivity index (χ0n) is 11.7. The van der Waals surface area contributed by atoms with Crippen LogP contribution in [0, 0.1) is 0 Å². The predicted molar refractivity (Wildman–Crippen MR) is 84.3 cm³/mol. The van der Waals surface area contributed by atoms with Crippen LogP contribution in [0.3, 0.4) is 0 Å². The van der Waals surface area contributed by atoms with Crippen LogP contribution in [0.5, 0.6) is 5.75 Å². The smallest absolute Gasteiger partial charge is 0.127 e. The van der Waals surface area contributed by atoms with E-state index in [-0.39, 0.29) is 0 Å². The standard InChI is InChI=1S/C16H19BrN2O/c1-2-18-9-12-3-5-19(10-12)11-14-8-15(17)7-13-4-6-20-16(13)14/h3,5,7-8,10,18H,2,4,6,9,11H2,1H3. The highest BCUT2D eigenvalue weighted by Gasteiger charge is 2.17. The SMILES string of the molecule is CCNCc1ccn(Cc2cc(Br)cc3c2OCC3)c1. The highest BCUT2D eigenvalue weighted by atomic mass is 79.9. The Bertz CT molecular complexity index is 607. The molecule has 1 aliphatic heterocycles. The van der Waals surface area contributed by atoms with E-state index in [1.165, 1.54) is 16.7 Å². The molecule has 0 fully saturated rings. The van der Waals surface area contributed by atoms with E-state index >= 15 is 0 Å². The molecule has 3 rings (SSSR count). The second kappa shape index (κ2) is 6.02. The van der Waals surface area contributed by atoms with Crippen molar-refractivity contribution in [1.82, 2.24) is 9.88 Å². The minimum atomic E-state index is 0.802. The third-order valence-electron chi connectivity index (χ3n) is 3.57. The largest absolute Gasteiger partial charge is 0.493 e. The van der Waals surface area contributed by atoms with Crippen molar-refractivity contribution in [2.24, 2.45) is 0 Å². The van der Waals surface area contributed by atoms with Gasteiger partial charge in [-0.1, -0.05) is 22.9 Å². The molecule has 0 unspecified atom stereocenters. The second-order valence-electron chi connectivity index (χ2n) is 5.12. The molecule has 2 aromatic rings. The first-order valence-corrected chi connectivity index (χ1v) is 7.85. The lowest BCUT2D eigenvalue weighted by molar-refractivity contribution is 0.352. The molecule has 106 valence electrons. The number of nitrogens with one attached hydrogen (secondary N) is 1. The average molecular weight is 335 g/mol. The summed E-state index contributed by atoms with van der Waals surface area (Å²) in [6.07, 6.45) is 5.35. The summed E-state index contributed by atoms with van der Waals surface area (Å²) in [4.78, 5) is 0. The third kappa shape index (κ3) is 2.91. The van der Waals surface area contributed by atoms with Gasteiger partial charge in [-0.3, -0.25) is 0 Å². The van der Waals surface area contributed by atoms with Crippen molar-refractivity contribution in [1.29, 1.82) is 0 Å². The van der Waals surface area contributed by atoms with Crippen LogP contribution >= 0.6 is 15.9 Å². The summed E-state index contributed by atoms with van der Waals surface area (Å²) in [7, 11) is 0. The van der Waals surface area contributed by atoms with Gasteiger partial charge < -0.3 is 14.6 Å². The third-order valence-corrected chi connectivity index (χ3v) is 4.03.